The zero-order valence-corrected chi connectivity index (χ0v) is 12.9. The summed E-state index contributed by atoms with van der Waals surface area (Å²) in [5.74, 6) is 4.22. The van der Waals surface area contributed by atoms with E-state index in [4.69, 9.17) is 4.74 Å². The van der Waals surface area contributed by atoms with Gasteiger partial charge in [0.1, 0.15) is 0 Å². The predicted octanol–water partition coefficient (Wildman–Crippen LogP) is 2.06. The highest BCUT2D eigenvalue weighted by Gasteiger charge is 2.16. The van der Waals surface area contributed by atoms with Crippen LogP contribution in [0.15, 0.2) is 0 Å². The van der Waals surface area contributed by atoms with Crippen molar-refractivity contribution in [2.45, 2.75) is 13.0 Å². The number of methoxy groups -OCH3 is 1. The SMILES string of the molecule is COc1nc(N(C)C)sc1CNCC1CCSC1. The van der Waals surface area contributed by atoms with Crippen molar-refractivity contribution in [1.29, 1.82) is 0 Å². The van der Waals surface area contributed by atoms with Crippen LogP contribution in [-0.2, 0) is 6.54 Å². The third-order valence-electron chi connectivity index (χ3n) is 2.97. The Balaban J connectivity index is 1.87. The number of hydrogen-bond acceptors (Lipinski definition) is 6. The van der Waals surface area contributed by atoms with Gasteiger partial charge in [0.05, 0.1) is 12.0 Å². The van der Waals surface area contributed by atoms with Gasteiger partial charge >= 0.3 is 0 Å². The molecule has 0 spiro atoms. The third-order valence-corrected chi connectivity index (χ3v) is 5.40. The van der Waals surface area contributed by atoms with Crippen LogP contribution in [0.2, 0.25) is 0 Å². The van der Waals surface area contributed by atoms with Gasteiger partial charge in [-0.1, -0.05) is 11.3 Å². The third kappa shape index (κ3) is 3.52. The highest BCUT2D eigenvalue weighted by atomic mass is 32.2. The number of thioether (sulfide) groups is 1. The van der Waals surface area contributed by atoms with Crippen molar-refractivity contribution in [3.8, 4) is 5.88 Å². The van der Waals surface area contributed by atoms with Gasteiger partial charge in [-0.2, -0.15) is 16.7 Å². The van der Waals surface area contributed by atoms with Crippen LogP contribution in [0, 0.1) is 5.92 Å². The number of aromatic nitrogens is 1. The van der Waals surface area contributed by atoms with E-state index in [2.05, 4.69) is 22.1 Å². The molecule has 1 aliphatic heterocycles. The largest absolute Gasteiger partial charge is 0.480 e. The summed E-state index contributed by atoms with van der Waals surface area (Å²) in [6.07, 6.45) is 1.35. The summed E-state index contributed by atoms with van der Waals surface area (Å²) in [7, 11) is 5.70. The molecule has 1 fully saturated rings. The second-order valence-corrected chi connectivity index (χ2v) is 6.90. The summed E-state index contributed by atoms with van der Waals surface area (Å²) in [5.41, 5.74) is 0. The molecule has 0 radical (unpaired) electrons. The first-order valence-corrected chi connectivity index (χ1v) is 8.17. The van der Waals surface area contributed by atoms with Crippen molar-refractivity contribution in [3.05, 3.63) is 4.88 Å². The average molecular weight is 287 g/mol. The van der Waals surface area contributed by atoms with E-state index in [0.717, 1.165) is 30.0 Å². The molecule has 6 heteroatoms. The van der Waals surface area contributed by atoms with Crippen molar-refractivity contribution in [2.75, 3.05) is 44.2 Å². The Labute approximate surface area is 117 Å². The molecule has 0 saturated carbocycles. The minimum atomic E-state index is 0.761. The fourth-order valence-electron chi connectivity index (χ4n) is 1.92. The van der Waals surface area contributed by atoms with Crippen LogP contribution in [0.25, 0.3) is 0 Å². The van der Waals surface area contributed by atoms with Crippen molar-refractivity contribution >= 4 is 28.2 Å². The number of anilines is 1. The lowest BCUT2D eigenvalue weighted by Crippen LogP contribution is -2.22. The fraction of sp³-hybridized carbons (Fsp3) is 0.750. The summed E-state index contributed by atoms with van der Waals surface area (Å²) >= 11 is 3.76. The lowest BCUT2D eigenvalue weighted by molar-refractivity contribution is 0.393. The lowest BCUT2D eigenvalue weighted by atomic mass is 10.1. The van der Waals surface area contributed by atoms with Crippen molar-refractivity contribution < 1.29 is 4.74 Å². The van der Waals surface area contributed by atoms with Crippen LogP contribution in [0.3, 0.4) is 0 Å². The molecule has 1 aromatic rings. The fourth-order valence-corrected chi connectivity index (χ4v) is 4.13. The summed E-state index contributed by atoms with van der Waals surface area (Å²) in [4.78, 5) is 7.66. The summed E-state index contributed by atoms with van der Waals surface area (Å²) in [5, 5.41) is 4.53. The van der Waals surface area contributed by atoms with Crippen molar-refractivity contribution in [3.63, 3.8) is 0 Å². The summed E-state index contributed by atoms with van der Waals surface area (Å²) in [6, 6.07) is 0. The smallest absolute Gasteiger partial charge is 0.230 e. The molecule has 1 unspecified atom stereocenters. The zero-order chi connectivity index (χ0) is 13.0. The van der Waals surface area contributed by atoms with E-state index in [1.54, 1.807) is 18.4 Å². The molecule has 2 heterocycles. The zero-order valence-electron chi connectivity index (χ0n) is 11.2. The molecule has 2 rings (SSSR count). The monoisotopic (exact) mass is 287 g/mol. The maximum Gasteiger partial charge on any atom is 0.230 e. The number of nitrogens with one attached hydrogen (secondary N) is 1. The van der Waals surface area contributed by atoms with E-state index in [0.29, 0.717) is 0 Å². The van der Waals surface area contributed by atoms with Gasteiger partial charge in [-0.25, -0.2) is 0 Å². The average Bonchev–Trinajstić information content (AvgIpc) is 2.97. The van der Waals surface area contributed by atoms with Crippen LogP contribution in [0.4, 0.5) is 5.13 Å². The second-order valence-electron chi connectivity index (χ2n) is 4.68. The molecule has 0 amide bonds. The maximum atomic E-state index is 5.33. The summed E-state index contributed by atoms with van der Waals surface area (Å²) in [6.45, 7) is 1.96. The molecule has 4 nitrogen and oxygen atoms in total. The van der Waals surface area contributed by atoms with Crippen LogP contribution in [-0.4, -0.2) is 44.2 Å². The number of thiazole rings is 1. The minimum absolute atomic E-state index is 0.761. The Morgan fingerprint density at radius 1 is 1.50 bits per heavy atom. The normalized spacial score (nSPS) is 19.2. The van der Waals surface area contributed by atoms with E-state index in [9.17, 15) is 0 Å². The quantitative estimate of drug-likeness (QED) is 0.867. The minimum Gasteiger partial charge on any atom is -0.480 e. The van der Waals surface area contributed by atoms with E-state index < -0.39 is 0 Å². The molecular weight excluding hydrogens is 266 g/mol. The molecule has 0 bridgehead atoms. The molecule has 0 aliphatic carbocycles. The van der Waals surface area contributed by atoms with E-state index in [1.165, 1.54) is 22.8 Å². The highest BCUT2D eigenvalue weighted by Crippen LogP contribution is 2.30. The first-order chi connectivity index (χ1) is 8.70. The summed E-state index contributed by atoms with van der Waals surface area (Å²) < 4.78 is 5.33. The van der Waals surface area contributed by atoms with Gasteiger partial charge in [-0.05, 0) is 30.4 Å². The van der Waals surface area contributed by atoms with Gasteiger partial charge in [0.2, 0.25) is 5.88 Å². The standard InChI is InChI=1S/C12H21N3OS2/c1-15(2)12-14-11(16-3)10(18-12)7-13-6-9-4-5-17-8-9/h9,13H,4-8H2,1-3H3. The number of nitrogens with zero attached hydrogens (tertiary/aromatic N) is 2. The Kier molecular flexibility index (Phi) is 5.14. The van der Waals surface area contributed by atoms with Gasteiger partial charge in [0.25, 0.3) is 0 Å². The molecule has 0 aromatic carbocycles. The Hall–Kier alpha value is -0.460. The molecule has 1 N–H and O–H groups in total. The Bertz CT molecular complexity index is 375. The molecular formula is C12H21N3OS2. The van der Waals surface area contributed by atoms with Crippen LogP contribution in [0.1, 0.15) is 11.3 Å². The highest BCUT2D eigenvalue weighted by molar-refractivity contribution is 7.99. The van der Waals surface area contributed by atoms with Crippen molar-refractivity contribution in [1.82, 2.24) is 10.3 Å². The molecule has 1 atom stereocenters. The topological polar surface area (TPSA) is 37.4 Å². The molecule has 1 saturated heterocycles. The molecule has 18 heavy (non-hydrogen) atoms. The van der Waals surface area contributed by atoms with E-state index in [1.807, 2.05) is 19.0 Å². The Morgan fingerprint density at radius 3 is 2.94 bits per heavy atom. The van der Waals surface area contributed by atoms with Gasteiger partial charge in [0, 0.05) is 20.6 Å². The Morgan fingerprint density at radius 2 is 2.33 bits per heavy atom. The van der Waals surface area contributed by atoms with Crippen LogP contribution < -0.4 is 15.0 Å². The van der Waals surface area contributed by atoms with Gasteiger partial charge < -0.3 is 15.0 Å². The van der Waals surface area contributed by atoms with Crippen LogP contribution in [0.5, 0.6) is 5.88 Å². The van der Waals surface area contributed by atoms with Gasteiger partial charge in [-0.3, -0.25) is 0 Å². The number of ether oxygens (including phenoxy) is 1. The van der Waals surface area contributed by atoms with Gasteiger partial charge in [-0.15, -0.1) is 0 Å². The molecule has 102 valence electrons. The van der Waals surface area contributed by atoms with Gasteiger partial charge in [0.15, 0.2) is 5.13 Å². The number of hydrogen-bond donors (Lipinski definition) is 1. The first-order valence-electron chi connectivity index (χ1n) is 6.20. The van der Waals surface area contributed by atoms with Crippen molar-refractivity contribution in [2.24, 2.45) is 5.92 Å². The van der Waals surface area contributed by atoms with E-state index in [-0.39, 0.29) is 0 Å². The molecule has 1 aromatic heterocycles. The first kappa shape index (κ1) is 14.0. The maximum absolute atomic E-state index is 5.33. The second kappa shape index (κ2) is 6.63. The molecule has 1 aliphatic rings. The van der Waals surface area contributed by atoms with E-state index >= 15 is 0 Å². The predicted molar refractivity (Wildman–Crippen MR) is 80.1 cm³/mol. The lowest BCUT2D eigenvalue weighted by Gasteiger charge is -2.09. The number of rotatable bonds is 6. The van der Waals surface area contributed by atoms with Crippen LogP contribution >= 0.6 is 23.1 Å².